The molecule has 0 aromatic carbocycles. The Morgan fingerprint density at radius 2 is 2.44 bits per heavy atom. The van der Waals surface area contributed by atoms with Crippen molar-refractivity contribution in [3.05, 3.63) is 0 Å². The first-order valence-corrected chi connectivity index (χ1v) is 2.31. The second-order valence-corrected chi connectivity index (χ2v) is 1.73. The largest absolute Gasteiger partial charge is 0.324 e. The topological polar surface area (TPSA) is 55.8 Å². The zero-order chi connectivity index (χ0) is 7.33. The van der Waals surface area contributed by atoms with Crippen molar-refractivity contribution in [2.75, 3.05) is 0 Å². The first kappa shape index (κ1) is 8.77. The van der Waals surface area contributed by atoms with Gasteiger partial charge in [0.1, 0.15) is 6.29 Å². The summed E-state index contributed by atoms with van der Waals surface area (Å²) in [6, 6.07) is 0. The lowest BCUT2D eigenvalue weighted by Gasteiger charge is -2.09. The molecule has 0 aliphatic rings. The molecule has 54 valence electrons. The Bertz CT molecular complexity index is 95.8. The first-order valence-electron chi connectivity index (χ1n) is 1.93. The number of carbonyl (C=O) groups is 1. The zero-order valence-corrected chi connectivity index (χ0v) is 4.97. The van der Waals surface area contributed by atoms with Gasteiger partial charge in [0.15, 0.2) is 0 Å². The maximum atomic E-state index is 12.1. The van der Waals surface area contributed by atoms with E-state index in [1.54, 1.807) is 0 Å². The van der Waals surface area contributed by atoms with E-state index in [2.05, 4.69) is 9.93 Å². The van der Waals surface area contributed by atoms with Crippen molar-refractivity contribution in [2.45, 2.75) is 11.7 Å². The summed E-state index contributed by atoms with van der Waals surface area (Å²) >= 11 is 4.73. The molecule has 0 spiro atoms. The summed E-state index contributed by atoms with van der Waals surface area (Å²) in [7, 11) is 0. The molecule has 0 aliphatic heterocycles. The van der Waals surface area contributed by atoms with Crippen LogP contribution in [0, 0.1) is 0 Å². The third-order valence-electron chi connectivity index (χ3n) is 0.480. The van der Waals surface area contributed by atoms with E-state index in [4.69, 9.17) is 16.9 Å². The molecule has 4 nitrogen and oxygen atoms in total. The van der Waals surface area contributed by atoms with Gasteiger partial charge in [0, 0.05) is 0 Å². The number of carbonyl (C=O) groups excluding carboxylic acids is 1. The van der Waals surface area contributed by atoms with Crippen LogP contribution >= 0.6 is 11.6 Å². The predicted octanol–water partition coefficient (Wildman–Crippen LogP) is 0.859. The van der Waals surface area contributed by atoms with Crippen molar-refractivity contribution in [2.24, 2.45) is 0 Å². The van der Waals surface area contributed by atoms with E-state index >= 15 is 0 Å². The maximum Gasteiger partial charge on any atom is 0.324 e. The second-order valence-electron chi connectivity index (χ2n) is 1.17. The third-order valence-corrected chi connectivity index (χ3v) is 0.697. The summed E-state index contributed by atoms with van der Waals surface area (Å²) in [5.74, 6) is 0. The molecule has 0 aliphatic carbocycles. The van der Waals surface area contributed by atoms with Gasteiger partial charge in [-0.25, -0.2) is 5.26 Å². The molecule has 0 rings (SSSR count). The van der Waals surface area contributed by atoms with Crippen LogP contribution in [0.3, 0.4) is 0 Å². The molecule has 0 saturated heterocycles. The van der Waals surface area contributed by atoms with Crippen LogP contribution in [0.15, 0.2) is 0 Å². The van der Waals surface area contributed by atoms with E-state index in [9.17, 15) is 9.18 Å². The Morgan fingerprint density at radius 1 is 1.89 bits per heavy atom. The smallest absolute Gasteiger partial charge is 0.303 e. The summed E-state index contributed by atoms with van der Waals surface area (Å²) in [5.41, 5.74) is 0. The van der Waals surface area contributed by atoms with Gasteiger partial charge in [0.25, 0.3) is 0 Å². The highest BCUT2D eigenvalue weighted by Gasteiger charge is 2.28. The normalized spacial score (nSPS) is 16.8. The minimum Gasteiger partial charge on any atom is -0.303 e. The molecule has 0 fully saturated rings. The molecule has 1 unspecified atom stereocenters. The molecule has 0 aromatic rings. The molecule has 1 N–H and O–H groups in total. The van der Waals surface area contributed by atoms with Gasteiger partial charge < -0.3 is 4.79 Å². The van der Waals surface area contributed by atoms with Gasteiger partial charge in [-0.15, -0.1) is 4.89 Å². The molecule has 0 saturated carbocycles. The maximum absolute atomic E-state index is 12.1. The summed E-state index contributed by atoms with van der Waals surface area (Å²) in [6.45, 7) is 0. The van der Waals surface area contributed by atoms with Gasteiger partial charge in [-0.1, -0.05) is 5.04 Å². The van der Waals surface area contributed by atoms with Gasteiger partial charge in [0.05, 0.1) is 6.42 Å². The van der Waals surface area contributed by atoms with Crippen molar-refractivity contribution in [3.63, 3.8) is 0 Å². The molecule has 9 heavy (non-hydrogen) atoms. The monoisotopic (exact) mass is 158 g/mol. The van der Waals surface area contributed by atoms with E-state index in [1.165, 1.54) is 0 Å². The minimum absolute atomic E-state index is 0.187. The van der Waals surface area contributed by atoms with Crippen LogP contribution in [0.1, 0.15) is 6.42 Å². The molecule has 1 atom stereocenters. The molecule has 0 heterocycles. The Hall–Kier alpha value is -0.230. The number of aldehydes is 1. The molecule has 0 amide bonds. The van der Waals surface area contributed by atoms with Crippen molar-refractivity contribution >= 4 is 17.9 Å². The van der Waals surface area contributed by atoms with Crippen LogP contribution in [0.5, 0.6) is 0 Å². The third kappa shape index (κ3) is 4.28. The SMILES string of the molecule is O=CCC(F)(Cl)OOO. The van der Waals surface area contributed by atoms with Gasteiger partial charge in [-0.2, -0.15) is 4.39 Å². The van der Waals surface area contributed by atoms with E-state index in [0.717, 1.165) is 0 Å². The van der Waals surface area contributed by atoms with Crippen LogP contribution in [0.2, 0.25) is 0 Å². The Morgan fingerprint density at radius 3 is 2.78 bits per heavy atom. The fraction of sp³-hybridized carbons (Fsp3) is 0.667. The number of alkyl halides is 2. The van der Waals surface area contributed by atoms with E-state index in [-0.39, 0.29) is 6.29 Å². The summed E-state index contributed by atoms with van der Waals surface area (Å²) < 4.78 is 12.1. The Balaban J connectivity index is 3.55. The van der Waals surface area contributed by atoms with E-state index in [1.807, 2.05) is 0 Å². The standard InChI is InChI=1S/C3H4ClFO4/c4-3(5,1-2-6)8-9-7/h2,7H,1H2. The van der Waals surface area contributed by atoms with Crippen molar-refractivity contribution in [1.82, 2.24) is 0 Å². The lowest BCUT2D eigenvalue weighted by Crippen LogP contribution is -2.19. The summed E-state index contributed by atoms with van der Waals surface area (Å²) in [5, 5.41) is 7.59. The van der Waals surface area contributed by atoms with Crippen LogP contribution in [-0.4, -0.2) is 16.9 Å². The fourth-order valence-corrected chi connectivity index (χ4v) is 0.277. The fourth-order valence-electron chi connectivity index (χ4n) is 0.186. The van der Waals surface area contributed by atoms with Gasteiger partial charge in [-0.3, -0.25) is 0 Å². The highest BCUT2D eigenvalue weighted by atomic mass is 35.5. The first-order chi connectivity index (χ1) is 4.12. The van der Waals surface area contributed by atoms with Crippen molar-refractivity contribution in [1.29, 1.82) is 0 Å². The average Bonchev–Trinajstić information content (AvgIpc) is 1.64. The molecule has 0 aromatic heterocycles. The highest BCUT2D eigenvalue weighted by Crippen LogP contribution is 2.21. The molecule has 6 heteroatoms. The van der Waals surface area contributed by atoms with Gasteiger partial charge in [-0.05, 0) is 11.6 Å². The van der Waals surface area contributed by atoms with E-state index in [0.29, 0.717) is 0 Å². The lowest BCUT2D eigenvalue weighted by atomic mass is 10.5. The highest BCUT2D eigenvalue weighted by molar-refractivity contribution is 6.22. The number of hydrogen-bond acceptors (Lipinski definition) is 4. The zero-order valence-electron chi connectivity index (χ0n) is 4.21. The number of rotatable bonds is 4. The molecular weight excluding hydrogens is 154 g/mol. The predicted molar refractivity (Wildman–Crippen MR) is 25.2 cm³/mol. The van der Waals surface area contributed by atoms with Gasteiger partial charge >= 0.3 is 5.31 Å². The van der Waals surface area contributed by atoms with Crippen molar-refractivity contribution in [3.8, 4) is 0 Å². The number of hydrogen-bond donors (Lipinski definition) is 1. The van der Waals surface area contributed by atoms with Crippen molar-refractivity contribution < 1.29 is 24.4 Å². The van der Waals surface area contributed by atoms with Crippen LogP contribution in [0.4, 0.5) is 4.39 Å². The minimum atomic E-state index is -2.77. The van der Waals surface area contributed by atoms with E-state index < -0.39 is 11.7 Å². The Labute approximate surface area is 55.0 Å². The van der Waals surface area contributed by atoms with Gasteiger partial charge in [0.2, 0.25) is 0 Å². The number of halogens is 2. The quantitative estimate of drug-likeness (QED) is 0.285. The molecule has 0 radical (unpaired) electrons. The summed E-state index contributed by atoms with van der Waals surface area (Å²) in [6.07, 6.45) is -0.527. The lowest BCUT2D eigenvalue weighted by molar-refractivity contribution is -0.527. The van der Waals surface area contributed by atoms with Crippen LogP contribution < -0.4 is 0 Å². The second kappa shape index (κ2) is 3.73. The van der Waals surface area contributed by atoms with Crippen LogP contribution in [0.25, 0.3) is 0 Å². The average molecular weight is 159 g/mol. The molecular formula is C3H4ClFO4. The summed E-state index contributed by atoms with van der Waals surface area (Å²) in [4.78, 5) is 12.9. The Kier molecular flexibility index (Phi) is 3.64. The van der Waals surface area contributed by atoms with Crippen LogP contribution in [-0.2, 0) is 14.7 Å². The molecule has 0 bridgehead atoms.